The summed E-state index contributed by atoms with van der Waals surface area (Å²) in [4.78, 5) is 95.3. The maximum absolute atomic E-state index is 13.9. The molecule has 1 rings (SSSR count). The molecule has 1 aliphatic heterocycles. The van der Waals surface area contributed by atoms with Crippen LogP contribution < -0.4 is 0 Å². The minimum atomic E-state index is -0.650. The average Bonchev–Trinajstić information content (AvgIpc) is 3.83. The van der Waals surface area contributed by atoms with Gasteiger partial charge in [0.1, 0.15) is 13.2 Å². The molecule has 0 radical (unpaired) electrons. The lowest BCUT2D eigenvalue weighted by molar-refractivity contribution is -0.155. The van der Waals surface area contributed by atoms with Crippen molar-refractivity contribution in [2.45, 2.75) is 258 Å². The van der Waals surface area contributed by atoms with Crippen molar-refractivity contribution in [2.75, 3.05) is 73.0 Å². The van der Waals surface area contributed by atoms with Crippen LogP contribution in [-0.2, 0) is 61.9 Å². The molecule has 448 valence electrons. The molecule has 17 nitrogen and oxygen atoms in total. The van der Waals surface area contributed by atoms with Crippen molar-refractivity contribution < 1.29 is 71.8 Å². The fraction of sp³-hybridized carbons (Fsp3) is 0.883. The Balaban J connectivity index is 3.07. The molecule has 1 heterocycles. The second-order valence-electron chi connectivity index (χ2n) is 21.5. The van der Waals surface area contributed by atoms with Crippen molar-refractivity contribution in [3.8, 4) is 0 Å². The van der Waals surface area contributed by atoms with Gasteiger partial charge in [-0.3, -0.25) is 33.7 Å². The summed E-state index contributed by atoms with van der Waals surface area (Å²) in [5.74, 6) is -4.02. The van der Waals surface area contributed by atoms with Crippen LogP contribution in [0.3, 0.4) is 0 Å². The molecular weight excluding hydrogens is 989 g/mol. The van der Waals surface area contributed by atoms with Crippen molar-refractivity contribution in [2.24, 2.45) is 11.8 Å². The molecular formula is C60H108N2O15. The first-order chi connectivity index (χ1) is 37.4. The lowest BCUT2D eigenvalue weighted by Gasteiger charge is -2.29. The summed E-state index contributed by atoms with van der Waals surface area (Å²) in [7, 11) is 1.92. The first-order valence-corrected chi connectivity index (χ1v) is 30.5. The number of unbranched alkanes of at least 4 members (excludes halogenated alkanes) is 20. The van der Waals surface area contributed by atoms with Gasteiger partial charge in [-0.05, 0) is 58.4 Å². The van der Waals surface area contributed by atoms with Crippen molar-refractivity contribution in [1.82, 2.24) is 9.80 Å². The van der Waals surface area contributed by atoms with Crippen LogP contribution in [-0.4, -0.2) is 142 Å². The van der Waals surface area contributed by atoms with Gasteiger partial charge >= 0.3 is 41.9 Å². The highest BCUT2D eigenvalue weighted by Gasteiger charge is 2.40. The molecule has 0 aromatic carbocycles. The van der Waals surface area contributed by atoms with Gasteiger partial charge < -0.3 is 43.2 Å². The van der Waals surface area contributed by atoms with Gasteiger partial charge in [-0.25, -0.2) is 4.79 Å². The summed E-state index contributed by atoms with van der Waals surface area (Å²) in [5, 5.41) is 9.22. The first kappa shape index (κ1) is 71.0. The molecule has 1 N–H and O–H groups in total. The number of rotatable bonds is 51. The lowest BCUT2D eigenvalue weighted by Crippen LogP contribution is -2.46. The van der Waals surface area contributed by atoms with Crippen LogP contribution in [0.4, 0.5) is 4.79 Å². The molecule has 0 saturated carbocycles. The zero-order chi connectivity index (χ0) is 56.6. The number of likely N-dealkylation sites (tertiary alicyclic amines) is 1. The van der Waals surface area contributed by atoms with Gasteiger partial charge in [-0.1, -0.05) is 156 Å². The average molecular weight is 1100 g/mol. The third-order valence-electron chi connectivity index (χ3n) is 14.1. The second-order valence-corrected chi connectivity index (χ2v) is 21.5. The highest BCUT2D eigenvalue weighted by atomic mass is 16.6. The molecule has 77 heavy (non-hydrogen) atoms. The number of esters is 6. The normalized spacial score (nSPS) is 14.3. The van der Waals surface area contributed by atoms with Gasteiger partial charge in [0.05, 0.1) is 58.0 Å². The monoisotopic (exact) mass is 1100 g/mol. The number of amides is 1. The van der Waals surface area contributed by atoms with Crippen molar-refractivity contribution in [3.63, 3.8) is 0 Å². The Labute approximate surface area is 465 Å². The van der Waals surface area contributed by atoms with Crippen LogP contribution in [0.15, 0.2) is 0 Å². The number of ether oxygens (including phenoxy) is 7. The number of carbonyl (C=O) groups is 7. The van der Waals surface area contributed by atoms with E-state index in [1.54, 1.807) is 0 Å². The van der Waals surface area contributed by atoms with Gasteiger partial charge in [0, 0.05) is 57.2 Å². The van der Waals surface area contributed by atoms with Gasteiger partial charge in [-0.15, -0.1) is 0 Å². The topological polar surface area (TPSA) is 211 Å². The second kappa shape index (κ2) is 49.1. The predicted octanol–water partition coefficient (Wildman–Crippen LogP) is 11.9. The van der Waals surface area contributed by atoms with E-state index in [0.717, 1.165) is 128 Å². The lowest BCUT2D eigenvalue weighted by atomic mass is 10.1. The number of nitrogens with zero attached hydrogens (tertiary/aromatic N) is 2. The Kier molecular flexibility index (Phi) is 45.3. The fourth-order valence-corrected chi connectivity index (χ4v) is 9.24. The van der Waals surface area contributed by atoms with E-state index in [1.165, 1.54) is 4.90 Å². The molecule has 2 atom stereocenters. The van der Waals surface area contributed by atoms with E-state index < -0.39 is 42.0 Å². The highest BCUT2D eigenvalue weighted by Crippen LogP contribution is 2.27. The van der Waals surface area contributed by atoms with Crippen LogP contribution in [0.25, 0.3) is 0 Å². The molecule has 0 bridgehead atoms. The highest BCUT2D eigenvalue weighted by molar-refractivity contribution is 5.73. The Bertz CT molecular complexity index is 1390. The van der Waals surface area contributed by atoms with Crippen molar-refractivity contribution >= 4 is 41.9 Å². The smallest absolute Gasteiger partial charge is 0.410 e. The van der Waals surface area contributed by atoms with Crippen LogP contribution >= 0.6 is 0 Å². The molecule has 0 aliphatic carbocycles. The Morgan fingerprint density at radius 2 is 0.727 bits per heavy atom. The van der Waals surface area contributed by atoms with E-state index in [2.05, 4.69) is 27.7 Å². The summed E-state index contributed by atoms with van der Waals surface area (Å²) < 4.78 is 39.7. The Morgan fingerprint density at radius 1 is 0.416 bits per heavy atom. The van der Waals surface area contributed by atoms with E-state index in [9.17, 15) is 38.7 Å². The maximum Gasteiger partial charge on any atom is 0.410 e. The molecule has 1 aliphatic rings. The fourth-order valence-electron chi connectivity index (χ4n) is 9.24. The van der Waals surface area contributed by atoms with Gasteiger partial charge in [0.15, 0.2) is 0 Å². The molecule has 1 amide bonds. The van der Waals surface area contributed by atoms with E-state index in [4.69, 9.17) is 33.2 Å². The third-order valence-corrected chi connectivity index (χ3v) is 14.1. The quantitative estimate of drug-likeness (QED) is 0.0341. The number of carbonyl (C=O) groups excluding carboxylic acids is 7. The van der Waals surface area contributed by atoms with Crippen LogP contribution in [0.1, 0.15) is 246 Å². The molecule has 0 aromatic rings. The summed E-state index contributed by atoms with van der Waals surface area (Å²) in [6, 6.07) is -1.23. The van der Waals surface area contributed by atoms with Crippen molar-refractivity contribution in [3.05, 3.63) is 0 Å². The predicted molar refractivity (Wildman–Crippen MR) is 298 cm³/mol. The van der Waals surface area contributed by atoms with E-state index in [-0.39, 0.29) is 115 Å². The van der Waals surface area contributed by atoms with E-state index >= 15 is 0 Å². The number of aliphatic hydroxyl groups is 1. The molecule has 1 fully saturated rings. The SMILES string of the molecule is CCCCCCCCC(=O)OCC(COC(=O)CCCCCCCC)CC(=O)OC[C@H]1CC[C@@H](COC(=O)CC(COC(=O)CCCCCCCC)COC(=O)CCCCCCCC)N1C(=O)OCCCN(C)CCCO. The van der Waals surface area contributed by atoms with Crippen LogP contribution in [0.5, 0.6) is 0 Å². The van der Waals surface area contributed by atoms with E-state index in [1.807, 2.05) is 11.9 Å². The first-order valence-electron chi connectivity index (χ1n) is 30.5. The Hall–Kier alpha value is -3.99. The summed E-state index contributed by atoms with van der Waals surface area (Å²) in [5.41, 5.74) is 0. The molecule has 17 heteroatoms. The largest absolute Gasteiger partial charge is 0.465 e. The molecule has 0 spiro atoms. The standard InChI is InChI=1S/C60H108N2O15/c1-6-10-14-18-22-26-32-54(64)72-44-50(45-73-55(65)33-27-23-19-15-11-7-2)42-58(68)76-48-52-36-37-53(62(52)60(70)71-41-31-39-61(5)38-30-40-63)49-77-59(69)43-51(46-74-56(66)34-28-24-20-16-12-8-3)47-75-57(67)35-29-25-21-17-13-9-4/h50-53,63H,6-49H2,1-5H3/t52-,53+. The van der Waals surface area contributed by atoms with Crippen LogP contribution in [0.2, 0.25) is 0 Å². The van der Waals surface area contributed by atoms with E-state index in [0.29, 0.717) is 64.5 Å². The zero-order valence-electron chi connectivity index (χ0n) is 49.0. The molecule has 0 aromatic heterocycles. The molecule has 1 saturated heterocycles. The number of aliphatic hydroxyl groups excluding tert-OH is 1. The van der Waals surface area contributed by atoms with Crippen molar-refractivity contribution in [1.29, 1.82) is 0 Å². The van der Waals surface area contributed by atoms with Gasteiger partial charge in [0.25, 0.3) is 0 Å². The van der Waals surface area contributed by atoms with Crippen LogP contribution in [0, 0.1) is 11.8 Å². The molecule has 0 unspecified atom stereocenters. The summed E-state index contributed by atoms with van der Waals surface area (Å²) in [6.45, 7) is 9.25. The summed E-state index contributed by atoms with van der Waals surface area (Å²) >= 11 is 0. The Morgan fingerprint density at radius 3 is 1.05 bits per heavy atom. The number of hydrogen-bond acceptors (Lipinski definition) is 16. The van der Waals surface area contributed by atoms with Gasteiger partial charge in [-0.2, -0.15) is 0 Å². The minimum Gasteiger partial charge on any atom is -0.465 e. The van der Waals surface area contributed by atoms with Gasteiger partial charge in [0.2, 0.25) is 0 Å². The third kappa shape index (κ3) is 39.9. The zero-order valence-corrected chi connectivity index (χ0v) is 49.0. The minimum absolute atomic E-state index is 0.0760. The summed E-state index contributed by atoms with van der Waals surface area (Å²) in [6.07, 6.45) is 26.4. The maximum atomic E-state index is 13.9. The number of hydrogen-bond donors (Lipinski definition) is 1.